The molecule has 1 saturated carbocycles. The average molecular weight is 447 g/mol. The van der Waals surface area contributed by atoms with Gasteiger partial charge in [0, 0.05) is 35.5 Å². The first-order valence-electron chi connectivity index (χ1n) is 11.8. The summed E-state index contributed by atoms with van der Waals surface area (Å²) in [5.74, 6) is 0.363. The molecule has 1 unspecified atom stereocenters. The number of carbonyl (C=O) groups excluding carboxylic acids is 1. The van der Waals surface area contributed by atoms with Crippen molar-refractivity contribution in [3.63, 3.8) is 0 Å². The van der Waals surface area contributed by atoms with Crippen LogP contribution < -0.4 is 5.32 Å². The second-order valence-electron chi connectivity index (χ2n) is 8.93. The molecule has 5 nitrogen and oxygen atoms in total. The summed E-state index contributed by atoms with van der Waals surface area (Å²) in [5, 5.41) is 9.01. The first-order valence-corrected chi connectivity index (χ1v) is 11.8. The van der Waals surface area contributed by atoms with Crippen molar-refractivity contribution in [2.45, 2.75) is 24.7 Å². The lowest BCUT2D eigenvalue weighted by Gasteiger charge is -2.18. The van der Waals surface area contributed by atoms with Crippen LogP contribution in [0.1, 0.15) is 51.9 Å². The molecule has 0 radical (unpaired) electrons. The van der Waals surface area contributed by atoms with Gasteiger partial charge in [-0.1, -0.05) is 66.7 Å². The molecule has 1 atom stereocenters. The summed E-state index contributed by atoms with van der Waals surface area (Å²) in [5.41, 5.74) is 6.15. The fraction of sp³-hybridized carbons (Fsp3) is 0.172. The van der Waals surface area contributed by atoms with Gasteiger partial charge in [0.15, 0.2) is 0 Å². The summed E-state index contributed by atoms with van der Waals surface area (Å²) >= 11 is 0. The van der Waals surface area contributed by atoms with Crippen molar-refractivity contribution in [3.8, 4) is 5.69 Å². The molecule has 1 amide bonds. The quantitative estimate of drug-likeness (QED) is 0.332. The molecule has 5 heteroatoms. The van der Waals surface area contributed by atoms with Crippen LogP contribution in [0.4, 0.5) is 0 Å². The van der Waals surface area contributed by atoms with E-state index >= 15 is 0 Å². The van der Waals surface area contributed by atoms with Crippen LogP contribution in [-0.2, 0) is 0 Å². The van der Waals surface area contributed by atoms with E-state index in [0.717, 1.165) is 29.7 Å². The van der Waals surface area contributed by atoms with Crippen molar-refractivity contribution in [1.82, 2.24) is 20.1 Å². The number of amides is 1. The zero-order valence-electron chi connectivity index (χ0n) is 18.8. The minimum atomic E-state index is -0.0650. The Balaban J connectivity index is 1.31. The Bertz CT molecular complexity index is 1430. The van der Waals surface area contributed by atoms with Gasteiger partial charge in [0.25, 0.3) is 5.91 Å². The standard InChI is InChI=1S/C29H26N4O/c34-29(26-19-32-33(28(26)21-15-16-21)22-11-5-2-6-12-22)31-17-24(20-9-3-1-4-10-20)25-18-30-27-14-8-7-13-23(25)27/h1-14,18-19,21,24,30H,15-17H2,(H,31,34). The van der Waals surface area contributed by atoms with Crippen LogP contribution in [0.15, 0.2) is 97.3 Å². The van der Waals surface area contributed by atoms with E-state index in [1.807, 2.05) is 59.3 Å². The number of benzene rings is 3. The van der Waals surface area contributed by atoms with Crippen molar-refractivity contribution in [2.24, 2.45) is 0 Å². The number of aromatic nitrogens is 3. The van der Waals surface area contributed by atoms with Gasteiger partial charge in [-0.2, -0.15) is 5.10 Å². The molecule has 3 aromatic carbocycles. The average Bonchev–Trinajstić information content (AvgIpc) is 3.49. The molecule has 168 valence electrons. The number of nitrogens with zero attached hydrogens (tertiary/aromatic N) is 2. The van der Waals surface area contributed by atoms with Gasteiger partial charge < -0.3 is 10.3 Å². The van der Waals surface area contributed by atoms with E-state index in [2.05, 4.69) is 51.9 Å². The van der Waals surface area contributed by atoms with Crippen LogP contribution in [0.5, 0.6) is 0 Å². The lowest BCUT2D eigenvalue weighted by Crippen LogP contribution is -2.29. The van der Waals surface area contributed by atoms with Crippen molar-refractivity contribution < 1.29 is 4.79 Å². The molecule has 2 heterocycles. The van der Waals surface area contributed by atoms with Crippen molar-refractivity contribution in [2.75, 3.05) is 6.54 Å². The highest BCUT2D eigenvalue weighted by Crippen LogP contribution is 2.42. The minimum absolute atomic E-state index is 0.0369. The molecule has 0 spiro atoms. The van der Waals surface area contributed by atoms with Crippen LogP contribution in [0.25, 0.3) is 16.6 Å². The van der Waals surface area contributed by atoms with Gasteiger partial charge in [0.05, 0.1) is 23.1 Å². The zero-order valence-corrected chi connectivity index (χ0v) is 18.8. The Labute approximate surface area is 198 Å². The van der Waals surface area contributed by atoms with Crippen LogP contribution >= 0.6 is 0 Å². The summed E-state index contributed by atoms with van der Waals surface area (Å²) in [7, 11) is 0. The SMILES string of the molecule is O=C(NCC(c1ccccc1)c1c[nH]c2ccccc12)c1cnn(-c2ccccc2)c1C1CC1. The number of H-pyrrole nitrogens is 1. The molecule has 0 aliphatic heterocycles. The van der Waals surface area contributed by atoms with Crippen molar-refractivity contribution in [3.05, 3.63) is 120 Å². The van der Waals surface area contributed by atoms with E-state index < -0.39 is 0 Å². The molecule has 6 rings (SSSR count). The second kappa shape index (κ2) is 8.67. The number of carbonyl (C=O) groups is 1. The van der Waals surface area contributed by atoms with Crippen LogP contribution in [0.3, 0.4) is 0 Å². The molecule has 2 aromatic heterocycles. The van der Waals surface area contributed by atoms with E-state index in [1.54, 1.807) is 6.20 Å². The normalized spacial score (nSPS) is 14.2. The molecule has 0 bridgehead atoms. The summed E-state index contributed by atoms with van der Waals surface area (Å²) in [6.07, 6.45) is 5.98. The third-order valence-electron chi connectivity index (χ3n) is 6.68. The highest BCUT2D eigenvalue weighted by molar-refractivity contribution is 5.95. The maximum absolute atomic E-state index is 13.4. The molecule has 0 saturated heterocycles. The van der Waals surface area contributed by atoms with Gasteiger partial charge in [0.2, 0.25) is 0 Å². The fourth-order valence-corrected chi connectivity index (χ4v) is 4.82. The number of hydrogen-bond donors (Lipinski definition) is 2. The van der Waals surface area contributed by atoms with E-state index in [-0.39, 0.29) is 11.8 Å². The summed E-state index contributed by atoms with van der Waals surface area (Å²) in [6, 6.07) is 28.7. The monoisotopic (exact) mass is 446 g/mol. The third-order valence-corrected chi connectivity index (χ3v) is 6.68. The largest absolute Gasteiger partial charge is 0.361 e. The van der Waals surface area contributed by atoms with Crippen molar-refractivity contribution in [1.29, 1.82) is 0 Å². The molecule has 1 aliphatic rings. The van der Waals surface area contributed by atoms with Gasteiger partial charge in [-0.05, 0) is 42.2 Å². The lowest BCUT2D eigenvalue weighted by molar-refractivity contribution is 0.0951. The maximum Gasteiger partial charge on any atom is 0.254 e. The van der Waals surface area contributed by atoms with Gasteiger partial charge in [-0.3, -0.25) is 4.79 Å². The topological polar surface area (TPSA) is 62.7 Å². The number of nitrogens with one attached hydrogen (secondary N) is 2. The minimum Gasteiger partial charge on any atom is -0.361 e. The number of aromatic amines is 1. The smallest absolute Gasteiger partial charge is 0.254 e. The predicted molar refractivity (Wildman–Crippen MR) is 134 cm³/mol. The van der Waals surface area contributed by atoms with E-state index in [0.29, 0.717) is 18.0 Å². The van der Waals surface area contributed by atoms with E-state index in [1.165, 1.54) is 16.5 Å². The number of rotatable bonds is 7. The van der Waals surface area contributed by atoms with Crippen LogP contribution in [0.2, 0.25) is 0 Å². The summed E-state index contributed by atoms with van der Waals surface area (Å²) in [6.45, 7) is 0.505. The van der Waals surface area contributed by atoms with Gasteiger partial charge in [-0.25, -0.2) is 4.68 Å². The lowest BCUT2D eigenvalue weighted by atomic mass is 9.91. The third kappa shape index (κ3) is 3.79. The molecule has 1 aliphatic carbocycles. The Hall–Kier alpha value is -4.12. The first-order chi connectivity index (χ1) is 16.8. The maximum atomic E-state index is 13.4. The fourth-order valence-electron chi connectivity index (χ4n) is 4.82. The van der Waals surface area contributed by atoms with E-state index in [9.17, 15) is 4.79 Å². The highest BCUT2D eigenvalue weighted by atomic mass is 16.1. The van der Waals surface area contributed by atoms with Crippen LogP contribution in [-0.4, -0.2) is 27.2 Å². The molecule has 34 heavy (non-hydrogen) atoms. The molecule has 1 fully saturated rings. The predicted octanol–water partition coefficient (Wildman–Crippen LogP) is 5.79. The Morgan fingerprint density at radius 3 is 2.44 bits per heavy atom. The molecule has 2 N–H and O–H groups in total. The second-order valence-corrected chi connectivity index (χ2v) is 8.93. The number of fused-ring (bicyclic) bond motifs is 1. The molecule has 5 aromatic rings. The first kappa shape index (κ1) is 20.5. The van der Waals surface area contributed by atoms with Gasteiger partial charge in [0.1, 0.15) is 0 Å². The highest BCUT2D eigenvalue weighted by Gasteiger charge is 2.33. The molecular weight excluding hydrogens is 420 g/mol. The van der Waals surface area contributed by atoms with Crippen molar-refractivity contribution >= 4 is 16.8 Å². The van der Waals surface area contributed by atoms with E-state index in [4.69, 9.17) is 0 Å². The van der Waals surface area contributed by atoms with Crippen LogP contribution in [0, 0.1) is 0 Å². The zero-order chi connectivity index (χ0) is 22.9. The van der Waals surface area contributed by atoms with Gasteiger partial charge in [-0.15, -0.1) is 0 Å². The number of para-hydroxylation sites is 2. The Morgan fingerprint density at radius 2 is 1.68 bits per heavy atom. The number of hydrogen-bond acceptors (Lipinski definition) is 2. The Morgan fingerprint density at radius 1 is 0.971 bits per heavy atom. The summed E-state index contributed by atoms with van der Waals surface area (Å²) < 4.78 is 1.93. The Kier molecular flexibility index (Phi) is 5.22. The van der Waals surface area contributed by atoms with Gasteiger partial charge >= 0.3 is 0 Å². The molecular formula is C29H26N4O. The summed E-state index contributed by atoms with van der Waals surface area (Å²) in [4.78, 5) is 16.8.